The molecule has 5 aromatic rings. The topological polar surface area (TPSA) is 30.7 Å². The van der Waals surface area contributed by atoms with Crippen LogP contribution in [0.3, 0.4) is 0 Å². The lowest BCUT2D eigenvalue weighted by Gasteiger charge is -2.17. The van der Waals surface area contributed by atoms with Crippen LogP contribution in [0.1, 0.15) is 27.8 Å². The van der Waals surface area contributed by atoms with Gasteiger partial charge in [0.15, 0.2) is 0 Å². The molecule has 0 bridgehead atoms. The van der Waals surface area contributed by atoms with Crippen LogP contribution in [0.15, 0.2) is 116 Å². The van der Waals surface area contributed by atoms with E-state index in [1.165, 1.54) is 24.3 Å². The van der Waals surface area contributed by atoms with Crippen molar-refractivity contribution in [2.24, 2.45) is 0 Å². The van der Waals surface area contributed by atoms with Gasteiger partial charge in [-0.25, -0.2) is 13.8 Å². The monoisotopic (exact) mass is 505 g/mol. The molecule has 37 heavy (non-hydrogen) atoms. The van der Waals surface area contributed by atoms with Gasteiger partial charge in [-0.15, -0.1) is 0 Å². The maximum absolute atomic E-state index is 13.6. The summed E-state index contributed by atoms with van der Waals surface area (Å²) in [6.45, 7) is 0. The highest BCUT2D eigenvalue weighted by atomic mass is 28.2. The van der Waals surface area contributed by atoms with Crippen LogP contribution < -0.4 is 5.72 Å². The van der Waals surface area contributed by atoms with Crippen LogP contribution in [-0.2, 0) is 6.17 Å². The van der Waals surface area contributed by atoms with Crippen LogP contribution >= 0.6 is 0 Å². The molecule has 7 heteroatoms. The van der Waals surface area contributed by atoms with Crippen LogP contribution in [0.2, 0.25) is 0 Å². The van der Waals surface area contributed by atoms with Crippen LogP contribution in [0.25, 0.3) is 11.5 Å². The molecule has 0 fully saturated rings. The minimum Gasteiger partial charge on any atom is -0.257 e. The standard InChI is InChI=1S/C30H26BF2N3Si/c32-26-15-11-24(12-16-26)29(25-13-17-27(33)18-14-25)37-21-36-20-34-30(35-36)31-28(23-9-5-2-6-10-23)19-22-7-3-1-4-8-22/h1-20,29,31H,21,37H2. The highest BCUT2D eigenvalue weighted by molar-refractivity contribution is 6.73. The summed E-state index contributed by atoms with van der Waals surface area (Å²) in [7, 11) is -0.187. The molecule has 0 unspecified atom stereocenters. The number of halogens is 2. The first-order valence-electron chi connectivity index (χ1n) is 12.3. The fraction of sp³-hybridized carbons (Fsp3) is 0.0667. The van der Waals surface area contributed by atoms with Gasteiger partial charge < -0.3 is 0 Å². The van der Waals surface area contributed by atoms with Crippen LogP contribution in [-0.4, -0.2) is 31.6 Å². The lowest BCUT2D eigenvalue weighted by molar-refractivity contribution is 0.626. The van der Waals surface area contributed by atoms with Gasteiger partial charge in [0.2, 0.25) is 7.28 Å². The van der Waals surface area contributed by atoms with E-state index in [2.05, 4.69) is 35.3 Å². The van der Waals surface area contributed by atoms with Crippen molar-refractivity contribution in [3.05, 3.63) is 149 Å². The van der Waals surface area contributed by atoms with Crippen molar-refractivity contribution < 1.29 is 8.78 Å². The van der Waals surface area contributed by atoms with Crippen molar-refractivity contribution in [3.8, 4) is 0 Å². The fourth-order valence-corrected chi connectivity index (χ4v) is 6.46. The second kappa shape index (κ2) is 11.8. The Morgan fingerprint density at radius 2 is 1.35 bits per heavy atom. The van der Waals surface area contributed by atoms with Crippen LogP contribution in [0.5, 0.6) is 0 Å². The zero-order valence-electron chi connectivity index (χ0n) is 20.3. The van der Waals surface area contributed by atoms with Crippen LogP contribution in [0.4, 0.5) is 8.78 Å². The Bertz CT molecular complexity index is 1410. The van der Waals surface area contributed by atoms with E-state index in [9.17, 15) is 8.78 Å². The lowest BCUT2D eigenvalue weighted by Crippen LogP contribution is -2.23. The van der Waals surface area contributed by atoms with Gasteiger partial charge in [0.1, 0.15) is 23.7 Å². The summed E-state index contributed by atoms with van der Waals surface area (Å²) in [5.41, 5.74) is 6.39. The predicted octanol–water partition coefficient (Wildman–Crippen LogP) is 4.73. The molecule has 1 aromatic heterocycles. The highest BCUT2D eigenvalue weighted by Crippen LogP contribution is 2.24. The fourth-order valence-electron chi connectivity index (χ4n) is 4.51. The van der Waals surface area contributed by atoms with Gasteiger partial charge in [-0.05, 0) is 52.1 Å². The Morgan fingerprint density at radius 3 is 1.95 bits per heavy atom. The number of aromatic nitrogens is 3. The second-order valence-corrected chi connectivity index (χ2v) is 10.8. The molecule has 0 spiro atoms. The maximum Gasteiger partial charge on any atom is 0.244 e. The number of benzene rings is 4. The van der Waals surface area contributed by atoms with E-state index in [-0.39, 0.29) is 17.2 Å². The first kappa shape index (κ1) is 24.6. The Kier molecular flexibility index (Phi) is 7.81. The smallest absolute Gasteiger partial charge is 0.244 e. The molecule has 4 aromatic carbocycles. The molecule has 0 N–H and O–H groups in total. The predicted molar refractivity (Wildman–Crippen MR) is 151 cm³/mol. The summed E-state index contributed by atoms with van der Waals surface area (Å²) in [5.74, 6) is -0.524. The maximum atomic E-state index is 13.6. The third kappa shape index (κ3) is 6.57. The van der Waals surface area contributed by atoms with Crippen LogP contribution in [0, 0.1) is 11.6 Å². The molecule has 0 saturated heterocycles. The van der Waals surface area contributed by atoms with Gasteiger partial charge in [-0.3, -0.25) is 4.68 Å². The van der Waals surface area contributed by atoms with Crippen molar-refractivity contribution >= 4 is 34.1 Å². The van der Waals surface area contributed by atoms with Gasteiger partial charge in [-0.1, -0.05) is 96.5 Å². The van der Waals surface area contributed by atoms with Crippen molar-refractivity contribution in [1.29, 1.82) is 0 Å². The zero-order valence-corrected chi connectivity index (χ0v) is 21.8. The number of hydrogen-bond donors (Lipinski definition) is 0. The van der Waals surface area contributed by atoms with Gasteiger partial charge in [0.05, 0.1) is 9.52 Å². The first-order chi connectivity index (χ1) is 18.1. The van der Waals surface area contributed by atoms with Crippen molar-refractivity contribution in [3.63, 3.8) is 0 Å². The molecule has 0 atom stereocenters. The third-order valence-corrected chi connectivity index (χ3v) is 8.65. The van der Waals surface area contributed by atoms with E-state index in [4.69, 9.17) is 5.10 Å². The minimum atomic E-state index is -0.805. The SMILES string of the molecule is Fc1ccc(C([SiH2]Cn2cnc(BC(=Cc3ccccc3)c3ccccc3)n2)c2ccc(F)cc2)cc1. The normalized spacial score (nSPS) is 11.9. The molecule has 0 radical (unpaired) electrons. The molecule has 0 aliphatic heterocycles. The minimum absolute atomic E-state index is 0.117. The first-order valence-corrected chi connectivity index (χ1v) is 14.2. The summed E-state index contributed by atoms with van der Waals surface area (Å²) in [4.78, 5) is 4.60. The number of hydrogen-bond acceptors (Lipinski definition) is 2. The van der Waals surface area contributed by atoms with Gasteiger partial charge in [-0.2, -0.15) is 5.10 Å². The highest BCUT2D eigenvalue weighted by Gasteiger charge is 2.17. The molecule has 1 heterocycles. The van der Waals surface area contributed by atoms with E-state index in [1.807, 2.05) is 65.3 Å². The quantitative estimate of drug-likeness (QED) is 0.214. The second-order valence-electron chi connectivity index (χ2n) is 8.99. The Morgan fingerprint density at radius 1 is 0.784 bits per heavy atom. The van der Waals surface area contributed by atoms with E-state index in [1.54, 1.807) is 6.33 Å². The summed E-state index contributed by atoms with van der Waals surface area (Å²) < 4.78 is 29.0. The van der Waals surface area contributed by atoms with Gasteiger partial charge >= 0.3 is 0 Å². The number of rotatable bonds is 9. The third-order valence-electron chi connectivity index (χ3n) is 6.41. The molecule has 0 amide bonds. The van der Waals surface area contributed by atoms with Crippen molar-refractivity contribution in [2.45, 2.75) is 11.7 Å². The Balaban J connectivity index is 1.34. The van der Waals surface area contributed by atoms with E-state index in [0.29, 0.717) is 7.28 Å². The molecule has 3 nitrogen and oxygen atoms in total. The number of nitrogens with zero attached hydrogens (tertiary/aromatic N) is 3. The molecular formula is C30H26BF2N3Si. The average Bonchev–Trinajstić information content (AvgIpc) is 3.38. The molecule has 0 aliphatic carbocycles. The average molecular weight is 505 g/mol. The van der Waals surface area contributed by atoms with E-state index < -0.39 is 9.52 Å². The molecule has 0 saturated carbocycles. The van der Waals surface area contributed by atoms with Crippen molar-refractivity contribution in [1.82, 2.24) is 14.8 Å². The van der Waals surface area contributed by atoms with E-state index in [0.717, 1.165) is 39.6 Å². The lowest BCUT2D eigenvalue weighted by atomic mass is 9.65. The summed E-state index contributed by atoms with van der Waals surface area (Å²) in [5, 5.41) is 4.78. The zero-order chi connectivity index (χ0) is 25.5. The molecular weight excluding hydrogens is 479 g/mol. The summed E-state index contributed by atoms with van der Waals surface area (Å²) in [6, 6.07) is 33.8. The molecule has 182 valence electrons. The Labute approximate surface area is 218 Å². The summed E-state index contributed by atoms with van der Waals surface area (Å²) in [6.07, 6.45) is 4.74. The molecule has 5 rings (SSSR count). The van der Waals surface area contributed by atoms with Gasteiger partial charge in [0, 0.05) is 6.17 Å². The largest absolute Gasteiger partial charge is 0.257 e. The van der Waals surface area contributed by atoms with Gasteiger partial charge in [0.25, 0.3) is 0 Å². The Hall–Kier alpha value is -4.10. The van der Waals surface area contributed by atoms with Crippen molar-refractivity contribution in [2.75, 3.05) is 0 Å². The molecule has 0 aliphatic rings. The van der Waals surface area contributed by atoms with E-state index >= 15 is 0 Å². The summed E-state index contributed by atoms with van der Waals surface area (Å²) >= 11 is 0.